The number of hydrogen-bond acceptors (Lipinski definition) is 2. The molecule has 0 aromatic rings. The second-order valence-electron chi connectivity index (χ2n) is 2.55. The summed E-state index contributed by atoms with van der Waals surface area (Å²) in [5.74, 6) is -2.69. The average molecular weight is 218 g/mol. The standard InChI is InChI=1S/C6H9F3O3S/c1-4(2-5(10)11)13(12)3-6(7,8)9/h4H,2-3H2,1H3,(H,10,11). The van der Waals surface area contributed by atoms with E-state index in [1.807, 2.05) is 0 Å². The average Bonchev–Trinajstić information content (AvgIpc) is 1.81. The smallest absolute Gasteiger partial charge is 0.400 e. The van der Waals surface area contributed by atoms with Crippen molar-refractivity contribution in [2.45, 2.75) is 24.8 Å². The third-order valence-electron chi connectivity index (χ3n) is 1.22. The van der Waals surface area contributed by atoms with E-state index in [0.717, 1.165) is 0 Å². The minimum absolute atomic E-state index is 0.511. The van der Waals surface area contributed by atoms with Crippen molar-refractivity contribution < 1.29 is 27.3 Å². The van der Waals surface area contributed by atoms with Gasteiger partial charge in [-0.15, -0.1) is 0 Å². The third kappa shape index (κ3) is 6.56. The predicted octanol–water partition coefficient (Wildman–Crippen LogP) is 1.16. The second kappa shape index (κ2) is 4.59. The van der Waals surface area contributed by atoms with Crippen LogP contribution in [0.3, 0.4) is 0 Å². The van der Waals surface area contributed by atoms with Crippen LogP contribution in [0.2, 0.25) is 0 Å². The molecule has 2 unspecified atom stereocenters. The van der Waals surface area contributed by atoms with Gasteiger partial charge < -0.3 is 5.11 Å². The van der Waals surface area contributed by atoms with Crippen molar-refractivity contribution in [3.63, 3.8) is 0 Å². The van der Waals surface area contributed by atoms with E-state index in [-0.39, 0.29) is 0 Å². The van der Waals surface area contributed by atoms with Crippen LogP contribution in [-0.2, 0) is 15.6 Å². The van der Waals surface area contributed by atoms with Gasteiger partial charge in [-0.3, -0.25) is 9.00 Å². The fourth-order valence-electron chi connectivity index (χ4n) is 0.642. The van der Waals surface area contributed by atoms with Gasteiger partial charge in [-0.1, -0.05) is 6.92 Å². The first-order valence-electron chi connectivity index (χ1n) is 3.38. The molecule has 13 heavy (non-hydrogen) atoms. The van der Waals surface area contributed by atoms with E-state index >= 15 is 0 Å². The van der Waals surface area contributed by atoms with Crippen molar-refractivity contribution in [3.05, 3.63) is 0 Å². The Morgan fingerprint density at radius 3 is 2.31 bits per heavy atom. The first kappa shape index (κ1) is 12.4. The lowest BCUT2D eigenvalue weighted by Gasteiger charge is -2.10. The lowest BCUT2D eigenvalue weighted by Crippen LogP contribution is -2.26. The Kier molecular flexibility index (Phi) is 4.38. The minimum Gasteiger partial charge on any atom is -0.481 e. The summed E-state index contributed by atoms with van der Waals surface area (Å²) in [7, 11) is -2.16. The fourth-order valence-corrected chi connectivity index (χ4v) is 1.58. The summed E-state index contributed by atoms with van der Waals surface area (Å²) in [4.78, 5) is 10.1. The van der Waals surface area contributed by atoms with Crippen LogP contribution in [0.5, 0.6) is 0 Å². The number of hydrogen-bond donors (Lipinski definition) is 1. The van der Waals surface area contributed by atoms with E-state index in [0.29, 0.717) is 0 Å². The quantitative estimate of drug-likeness (QED) is 0.770. The highest BCUT2D eigenvalue weighted by molar-refractivity contribution is 7.85. The summed E-state index contributed by atoms with van der Waals surface area (Å²) >= 11 is 0. The number of alkyl halides is 3. The maximum absolute atomic E-state index is 11.7. The van der Waals surface area contributed by atoms with Crippen LogP contribution >= 0.6 is 0 Å². The molecule has 1 N–H and O–H groups in total. The Morgan fingerprint density at radius 1 is 1.54 bits per heavy atom. The maximum atomic E-state index is 11.7. The van der Waals surface area contributed by atoms with Crippen molar-refractivity contribution in [1.82, 2.24) is 0 Å². The van der Waals surface area contributed by atoms with Crippen LogP contribution in [0.25, 0.3) is 0 Å². The third-order valence-corrected chi connectivity index (χ3v) is 2.89. The van der Waals surface area contributed by atoms with Crippen molar-refractivity contribution in [2.75, 3.05) is 5.75 Å². The van der Waals surface area contributed by atoms with E-state index < -0.39 is 40.4 Å². The highest BCUT2D eigenvalue weighted by Crippen LogP contribution is 2.18. The van der Waals surface area contributed by atoms with Crippen LogP contribution in [0.1, 0.15) is 13.3 Å². The zero-order valence-electron chi connectivity index (χ0n) is 6.80. The Hall–Kier alpha value is -0.590. The molecule has 0 aliphatic carbocycles. The van der Waals surface area contributed by atoms with Crippen LogP contribution < -0.4 is 0 Å². The number of carboxylic acid groups (broad SMARTS) is 1. The van der Waals surface area contributed by atoms with Gasteiger partial charge in [0.05, 0.1) is 6.42 Å². The number of carbonyl (C=O) groups is 1. The van der Waals surface area contributed by atoms with Gasteiger partial charge >= 0.3 is 12.1 Å². The molecule has 78 valence electrons. The molecular weight excluding hydrogens is 209 g/mol. The first-order valence-corrected chi connectivity index (χ1v) is 4.76. The van der Waals surface area contributed by atoms with Gasteiger partial charge in [-0.05, 0) is 0 Å². The highest BCUT2D eigenvalue weighted by Gasteiger charge is 2.32. The van der Waals surface area contributed by atoms with Crippen molar-refractivity contribution in [3.8, 4) is 0 Å². The molecule has 0 saturated heterocycles. The van der Waals surface area contributed by atoms with E-state index in [9.17, 15) is 22.2 Å². The molecule has 3 nitrogen and oxygen atoms in total. The summed E-state index contributed by atoms with van der Waals surface area (Å²) < 4.78 is 45.8. The van der Waals surface area contributed by atoms with Gasteiger partial charge in [-0.25, -0.2) is 0 Å². The van der Waals surface area contributed by atoms with Gasteiger partial charge in [0.15, 0.2) is 0 Å². The summed E-state index contributed by atoms with van der Waals surface area (Å²) in [5.41, 5.74) is 0. The molecule has 0 aliphatic rings. The molecule has 7 heteroatoms. The highest BCUT2D eigenvalue weighted by atomic mass is 32.2. The van der Waals surface area contributed by atoms with Gasteiger partial charge in [0.1, 0.15) is 5.75 Å². The molecule has 2 atom stereocenters. The van der Waals surface area contributed by atoms with Crippen LogP contribution in [0.15, 0.2) is 0 Å². The van der Waals surface area contributed by atoms with Crippen LogP contribution in [0.4, 0.5) is 13.2 Å². The molecule has 0 amide bonds. The molecule has 0 rings (SSSR count). The number of halogens is 3. The monoisotopic (exact) mass is 218 g/mol. The van der Waals surface area contributed by atoms with Gasteiger partial charge in [0, 0.05) is 16.0 Å². The molecular formula is C6H9F3O3S. The predicted molar refractivity (Wildman–Crippen MR) is 40.8 cm³/mol. The summed E-state index contributed by atoms with van der Waals surface area (Å²) in [6, 6.07) is 0. The Balaban J connectivity index is 4.05. The maximum Gasteiger partial charge on any atom is 0.400 e. The Morgan fingerprint density at radius 2 is 2.00 bits per heavy atom. The summed E-state index contributed by atoms with van der Waals surface area (Å²) in [6.07, 6.45) is -5.01. The number of carboxylic acids is 1. The molecule has 0 aromatic carbocycles. The molecule has 0 aromatic heterocycles. The fraction of sp³-hybridized carbons (Fsp3) is 0.833. The second-order valence-corrected chi connectivity index (χ2v) is 4.40. The van der Waals surface area contributed by atoms with E-state index in [4.69, 9.17) is 5.11 Å². The number of aliphatic carboxylic acids is 1. The molecule has 0 spiro atoms. The lowest BCUT2D eigenvalue weighted by molar-refractivity contribution is -0.137. The summed E-state index contributed by atoms with van der Waals surface area (Å²) in [6.45, 7) is 1.22. The summed E-state index contributed by atoms with van der Waals surface area (Å²) in [5, 5.41) is 7.24. The van der Waals surface area contributed by atoms with Crippen molar-refractivity contribution in [1.29, 1.82) is 0 Å². The zero-order chi connectivity index (χ0) is 10.6. The van der Waals surface area contributed by atoms with Crippen LogP contribution in [0, 0.1) is 0 Å². The van der Waals surface area contributed by atoms with Crippen molar-refractivity contribution in [2.24, 2.45) is 0 Å². The first-order chi connectivity index (χ1) is 5.72. The Labute approximate surface area is 75.4 Å². The van der Waals surface area contributed by atoms with E-state index in [1.54, 1.807) is 0 Å². The van der Waals surface area contributed by atoms with E-state index in [1.165, 1.54) is 6.92 Å². The molecule has 0 aliphatic heterocycles. The van der Waals surface area contributed by atoms with Gasteiger partial charge in [0.25, 0.3) is 0 Å². The SMILES string of the molecule is CC(CC(=O)O)S(=O)CC(F)(F)F. The molecule has 0 bridgehead atoms. The molecule has 0 heterocycles. The topological polar surface area (TPSA) is 54.4 Å². The number of rotatable bonds is 4. The molecule has 0 saturated carbocycles. The minimum atomic E-state index is -4.50. The Bertz CT molecular complexity index is 214. The molecule has 0 fully saturated rings. The van der Waals surface area contributed by atoms with E-state index in [2.05, 4.69) is 0 Å². The normalized spacial score (nSPS) is 16.6. The zero-order valence-corrected chi connectivity index (χ0v) is 7.61. The van der Waals surface area contributed by atoms with Gasteiger partial charge in [0.2, 0.25) is 0 Å². The lowest BCUT2D eigenvalue weighted by atomic mass is 10.3. The van der Waals surface area contributed by atoms with Gasteiger partial charge in [-0.2, -0.15) is 13.2 Å². The van der Waals surface area contributed by atoms with Crippen LogP contribution in [-0.4, -0.2) is 32.5 Å². The van der Waals surface area contributed by atoms with Crippen molar-refractivity contribution >= 4 is 16.8 Å². The molecule has 0 radical (unpaired) electrons. The largest absolute Gasteiger partial charge is 0.481 e.